The van der Waals surface area contributed by atoms with Crippen molar-refractivity contribution in [3.05, 3.63) is 65.8 Å². The van der Waals surface area contributed by atoms with E-state index in [1.807, 2.05) is 18.2 Å². The van der Waals surface area contributed by atoms with Crippen molar-refractivity contribution in [2.75, 3.05) is 0 Å². The second-order valence-electron chi connectivity index (χ2n) is 6.03. The van der Waals surface area contributed by atoms with Crippen LogP contribution < -0.4 is 0 Å². The highest BCUT2D eigenvalue weighted by Crippen LogP contribution is 2.30. The topological polar surface area (TPSA) is 17.1 Å². The van der Waals surface area contributed by atoms with Crippen molar-refractivity contribution < 1.29 is 4.79 Å². The summed E-state index contributed by atoms with van der Waals surface area (Å²) in [4.78, 5) is 12.5. The van der Waals surface area contributed by atoms with E-state index in [0.717, 1.165) is 18.4 Å². The van der Waals surface area contributed by atoms with E-state index in [4.69, 9.17) is 0 Å². The van der Waals surface area contributed by atoms with Gasteiger partial charge in [0.15, 0.2) is 0 Å². The maximum atomic E-state index is 12.5. The average molecular weight is 278 g/mol. The van der Waals surface area contributed by atoms with Crippen LogP contribution >= 0.6 is 0 Å². The van der Waals surface area contributed by atoms with Crippen LogP contribution in [-0.2, 0) is 4.79 Å². The third-order valence-electron chi connectivity index (χ3n) is 4.47. The molecule has 1 aromatic rings. The van der Waals surface area contributed by atoms with Crippen LogP contribution in [0.4, 0.5) is 0 Å². The van der Waals surface area contributed by atoms with Crippen molar-refractivity contribution in [1.29, 1.82) is 0 Å². The monoisotopic (exact) mass is 278 g/mol. The molecule has 0 saturated heterocycles. The number of carbonyl (C=O) groups excluding carboxylic acids is 1. The fourth-order valence-corrected chi connectivity index (χ4v) is 3.24. The SMILES string of the molecule is O=C(C1C=CC(/C=C/c2ccccc2)=C1)C1CCCCC1. The molecule has 1 atom stereocenters. The van der Waals surface area contributed by atoms with Crippen molar-refractivity contribution in [2.24, 2.45) is 11.8 Å². The van der Waals surface area contributed by atoms with E-state index in [1.165, 1.54) is 24.8 Å². The van der Waals surface area contributed by atoms with Crippen LogP contribution in [0.15, 0.2) is 60.2 Å². The van der Waals surface area contributed by atoms with Crippen molar-refractivity contribution in [3.8, 4) is 0 Å². The van der Waals surface area contributed by atoms with E-state index in [2.05, 4.69) is 42.5 Å². The lowest BCUT2D eigenvalue weighted by molar-refractivity contribution is -0.125. The fraction of sp³-hybridized carbons (Fsp3) is 0.350. The molecule has 1 aromatic carbocycles. The number of benzene rings is 1. The Bertz CT molecular complexity index is 571. The number of hydrogen-bond acceptors (Lipinski definition) is 1. The quantitative estimate of drug-likeness (QED) is 0.760. The molecule has 2 aliphatic carbocycles. The number of rotatable bonds is 4. The maximum Gasteiger partial charge on any atom is 0.146 e. The Balaban J connectivity index is 1.63. The van der Waals surface area contributed by atoms with Crippen molar-refractivity contribution >= 4 is 11.9 Å². The summed E-state index contributed by atoms with van der Waals surface area (Å²) in [5, 5.41) is 0. The molecular formula is C20H22O. The zero-order valence-corrected chi connectivity index (χ0v) is 12.4. The minimum Gasteiger partial charge on any atom is -0.298 e. The predicted molar refractivity (Wildman–Crippen MR) is 87.8 cm³/mol. The third-order valence-corrected chi connectivity index (χ3v) is 4.47. The van der Waals surface area contributed by atoms with Crippen molar-refractivity contribution in [3.63, 3.8) is 0 Å². The maximum absolute atomic E-state index is 12.5. The van der Waals surface area contributed by atoms with Gasteiger partial charge in [-0.2, -0.15) is 0 Å². The van der Waals surface area contributed by atoms with Gasteiger partial charge in [-0.1, -0.05) is 80.0 Å². The van der Waals surface area contributed by atoms with Crippen molar-refractivity contribution in [2.45, 2.75) is 32.1 Å². The summed E-state index contributed by atoms with van der Waals surface area (Å²) >= 11 is 0. The molecule has 0 radical (unpaired) electrons. The van der Waals surface area contributed by atoms with Gasteiger partial charge in [-0.05, 0) is 24.0 Å². The number of hydrogen-bond donors (Lipinski definition) is 0. The van der Waals surface area contributed by atoms with Gasteiger partial charge < -0.3 is 0 Å². The van der Waals surface area contributed by atoms with Gasteiger partial charge in [-0.3, -0.25) is 4.79 Å². The molecule has 1 fully saturated rings. The zero-order chi connectivity index (χ0) is 14.5. The number of ketones is 1. The van der Waals surface area contributed by atoms with Crippen LogP contribution in [0, 0.1) is 11.8 Å². The molecule has 21 heavy (non-hydrogen) atoms. The Hall–Kier alpha value is -1.89. The average Bonchev–Trinajstić information content (AvgIpc) is 3.03. The van der Waals surface area contributed by atoms with Gasteiger partial charge >= 0.3 is 0 Å². The standard InChI is InChI=1S/C20H22O/c21-20(18-9-5-2-6-10-18)19-14-13-17(15-19)12-11-16-7-3-1-4-8-16/h1,3-4,7-8,11-15,18-19H,2,5-6,9-10H2/b12-11+. The minimum atomic E-state index is 0.00326. The lowest BCUT2D eigenvalue weighted by Crippen LogP contribution is -2.22. The Morgan fingerprint density at radius 3 is 2.52 bits per heavy atom. The van der Waals surface area contributed by atoms with Crippen LogP contribution in [-0.4, -0.2) is 5.78 Å². The van der Waals surface area contributed by atoms with Crippen LogP contribution in [0.1, 0.15) is 37.7 Å². The second-order valence-corrected chi connectivity index (χ2v) is 6.03. The molecule has 1 unspecified atom stereocenters. The third kappa shape index (κ3) is 3.60. The lowest BCUT2D eigenvalue weighted by atomic mass is 9.82. The summed E-state index contributed by atoms with van der Waals surface area (Å²) in [6.07, 6.45) is 16.4. The van der Waals surface area contributed by atoms with Gasteiger partial charge in [0.2, 0.25) is 0 Å². The van der Waals surface area contributed by atoms with E-state index in [1.54, 1.807) is 0 Å². The van der Waals surface area contributed by atoms with E-state index < -0.39 is 0 Å². The molecule has 1 saturated carbocycles. The van der Waals surface area contributed by atoms with Gasteiger partial charge in [0.1, 0.15) is 5.78 Å². The molecular weight excluding hydrogens is 256 g/mol. The molecule has 0 aromatic heterocycles. The summed E-state index contributed by atoms with van der Waals surface area (Å²) in [5.74, 6) is 0.722. The van der Waals surface area contributed by atoms with Gasteiger partial charge in [0, 0.05) is 5.92 Å². The second kappa shape index (κ2) is 6.71. The van der Waals surface area contributed by atoms with Crippen molar-refractivity contribution in [1.82, 2.24) is 0 Å². The van der Waals surface area contributed by atoms with Crippen LogP contribution in [0.3, 0.4) is 0 Å². The fourth-order valence-electron chi connectivity index (χ4n) is 3.24. The molecule has 108 valence electrons. The van der Waals surface area contributed by atoms with Gasteiger partial charge in [0.05, 0.1) is 5.92 Å². The summed E-state index contributed by atoms with van der Waals surface area (Å²) in [6.45, 7) is 0. The Labute approximate surface area is 127 Å². The summed E-state index contributed by atoms with van der Waals surface area (Å²) in [7, 11) is 0. The smallest absolute Gasteiger partial charge is 0.146 e. The first-order valence-corrected chi connectivity index (χ1v) is 8.00. The van der Waals surface area contributed by atoms with E-state index in [0.29, 0.717) is 11.7 Å². The Kier molecular flexibility index (Phi) is 4.49. The largest absolute Gasteiger partial charge is 0.298 e. The zero-order valence-electron chi connectivity index (χ0n) is 12.4. The lowest BCUT2D eigenvalue weighted by Gasteiger charge is -2.21. The molecule has 1 nitrogen and oxygen atoms in total. The highest BCUT2D eigenvalue weighted by atomic mass is 16.1. The predicted octanol–water partition coefficient (Wildman–Crippen LogP) is 4.96. The van der Waals surface area contributed by atoms with Gasteiger partial charge in [-0.15, -0.1) is 0 Å². The van der Waals surface area contributed by atoms with Crippen LogP contribution in [0.5, 0.6) is 0 Å². The first-order valence-electron chi connectivity index (χ1n) is 8.00. The van der Waals surface area contributed by atoms with Gasteiger partial charge in [0.25, 0.3) is 0 Å². The molecule has 3 rings (SSSR count). The molecule has 0 bridgehead atoms. The number of Topliss-reactive ketones (excluding diaryl/α,β-unsaturated/α-hetero) is 1. The minimum absolute atomic E-state index is 0.00326. The molecule has 0 heterocycles. The van der Waals surface area contributed by atoms with E-state index >= 15 is 0 Å². The number of allylic oxidation sites excluding steroid dienone is 5. The van der Waals surface area contributed by atoms with E-state index in [-0.39, 0.29) is 5.92 Å². The Morgan fingerprint density at radius 2 is 1.76 bits per heavy atom. The molecule has 0 aliphatic heterocycles. The summed E-state index contributed by atoms with van der Waals surface area (Å²) in [5.41, 5.74) is 2.34. The molecule has 2 aliphatic rings. The highest BCUT2D eigenvalue weighted by molar-refractivity contribution is 5.88. The van der Waals surface area contributed by atoms with Crippen LogP contribution in [0.25, 0.3) is 6.08 Å². The molecule has 0 amide bonds. The first-order chi connectivity index (χ1) is 10.3. The molecule has 0 N–H and O–H groups in total. The molecule has 0 spiro atoms. The molecule has 1 heteroatoms. The highest BCUT2D eigenvalue weighted by Gasteiger charge is 2.26. The summed E-state index contributed by atoms with van der Waals surface area (Å²) in [6, 6.07) is 10.3. The normalized spacial score (nSPS) is 22.7. The van der Waals surface area contributed by atoms with E-state index in [9.17, 15) is 4.79 Å². The summed E-state index contributed by atoms with van der Waals surface area (Å²) < 4.78 is 0. The van der Waals surface area contributed by atoms with Gasteiger partial charge in [-0.25, -0.2) is 0 Å². The van der Waals surface area contributed by atoms with Crippen LogP contribution in [0.2, 0.25) is 0 Å². The number of carbonyl (C=O) groups is 1. The Morgan fingerprint density at radius 1 is 1.00 bits per heavy atom. The first kappa shape index (κ1) is 14.1.